The summed E-state index contributed by atoms with van der Waals surface area (Å²) in [5, 5.41) is 27.7. The van der Waals surface area contributed by atoms with Crippen LogP contribution in [0.25, 0.3) is 0 Å². The maximum Gasteiger partial charge on any atom is 0.249 e. The molecule has 0 aromatic carbocycles. The fourth-order valence-electron chi connectivity index (χ4n) is 3.20. The molecule has 8 nitrogen and oxygen atoms in total. The summed E-state index contributed by atoms with van der Waals surface area (Å²) in [5.41, 5.74) is 0.276. The van der Waals surface area contributed by atoms with E-state index in [1.165, 1.54) is 39.4 Å². The van der Waals surface area contributed by atoms with Gasteiger partial charge < -0.3 is 30.0 Å². The van der Waals surface area contributed by atoms with E-state index in [2.05, 4.69) is 5.32 Å². The minimum Gasteiger partial charge on any atom is -0.549 e. The van der Waals surface area contributed by atoms with E-state index in [1.54, 1.807) is 19.2 Å². The van der Waals surface area contributed by atoms with Crippen molar-refractivity contribution in [1.82, 2.24) is 10.2 Å². The topological polar surface area (TPSA) is 130 Å². The van der Waals surface area contributed by atoms with Crippen molar-refractivity contribution < 1.29 is 29.4 Å². The van der Waals surface area contributed by atoms with E-state index in [4.69, 9.17) is 0 Å². The number of nitrogens with one attached hydrogen (secondary N) is 1. The largest absolute Gasteiger partial charge is 0.549 e. The van der Waals surface area contributed by atoms with Crippen molar-refractivity contribution in [3.05, 3.63) is 22.4 Å². The number of thiophene rings is 1. The van der Waals surface area contributed by atoms with Gasteiger partial charge in [-0.2, -0.15) is 11.3 Å². The van der Waals surface area contributed by atoms with Gasteiger partial charge in [0.1, 0.15) is 17.3 Å². The zero-order valence-corrected chi connectivity index (χ0v) is 14.9. The van der Waals surface area contributed by atoms with Gasteiger partial charge in [0, 0.05) is 4.75 Å². The molecule has 2 fully saturated rings. The zero-order valence-electron chi connectivity index (χ0n) is 13.3. The summed E-state index contributed by atoms with van der Waals surface area (Å²) in [5.74, 6) is -5.86. The van der Waals surface area contributed by atoms with Crippen molar-refractivity contribution in [2.24, 2.45) is 0 Å². The van der Waals surface area contributed by atoms with Gasteiger partial charge in [-0.05, 0) is 36.2 Å². The lowest BCUT2D eigenvalue weighted by molar-refractivity contribution is -0.312. The lowest BCUT2D eigenvalue weighted by atomic mass is 9.95. The van der Waals surface area contributed by atoms with Crippen molar-refractivity contribution in [2.45, 2.75) is 42.0 Å². The molecule has 10 heteroatoms. The fourth-order valence-corrected chi connectivity index (χ4v) is 5.50. The summed E-state index contributed by atoms with van der Waals surface area (Å²) in [6, 6.07) is -0.572. The molecule has 3 rings (SSSR count). The van der Waals surface area contributed by atoms with E-state index in [9.17, 15) is 29.4 Å². The quantitative estimate of drug-likeness (QED) is 0.455. The first-order valence-electron chi connectivity index (χ1n) is 7.39. The second-order valence-corrected chi connectivity index (χ2v) is 8.92. The van der Waals surface area contributed by atoms with Crippen LogP contribution in [-0.2, 0) is 19.2 Å². The number of carbonyl (C=O) groups excluding carboxylic acids is 4. The third-order valence-electron chi connectivity index (χ3n) is 4.34. The monoisotopic (exact) mass is 382 g/mol. The Kier molecular flexibility index (Phi) is 4.28. The highest BCUT2D eigenvalue weighted by molar-refractivity contribution is 8.01. The first kappa shape index (κ1) is 17.7. The zero-order chi connectivity index (χ0) is 18.5. The molecule has 0 bridgehead atoms. The van der Waals surface area contributed by atoms with Crippen molar-refractivity contribution >= 4 is 46.9 Å². The molecule has 2 amide bonds. The standard InChI is InChI=1S/C15H16N2O6S2/c1-15(2)9(14(22)23)17-11(19)8(12(17)25-15)16-10(18)7(13(20)21)6-3-4-24-5-6/h3-5,7-9,12H,1-2H3,(H,16,18)(H,20,21)(H,22,23)/p-2/t7?,8-,9+,12+/m0/s1. The molecule has 2 aliphatic heterocycles. The summed E-state index contributed by atoms with van der Waals surface area (Å²) >= 11 is 2.47. The number of carboxylic acid groups (broad SMARTS) is 2. The molecule has 1 unspecified atom stereocenters. The van der Waals surface area contributed by atoms with E-state index in [0.717, 1.165) is 0 Å². The van der Waals surface area contributed by atoms with E-state index in [-0.39, 0.29) is 5.56 Å². The lowest BCUT2D eigenvalue weighted by Gasteiger charge is -2.45. The van der Waals surface area contributed by atoms with Gasteiger partial charge in [0.05, 0.1) is 18.0 Å². The van der Waals surface area contributed by atoms with Crippen LogP contribution >= 0.6 is 23.1 Å². The molecule has 2 aliphatic rings. The first-order valence-corrected chi connectivity index (χ1v) is 9.21. The molecule has 1 aromatic heterocycles. The van der Waals surface area contributed by atoms with Gasteiger partial charge in [0.2, 0.25) is 11.8 Å². The average molecular weight is 382 g/mol. The van der Waals surface area contributed by atoms with Crippen LogP contribution in [0.5, 0.6) is 0 Å². The predicted octanol–water partition coefficient (Wildman–Crippen LogP) is -2.12. The highest BCUT2D eigenvalue weighted by Gasteiger charge is 2.62. The van der Waals surface area contributed by atoms with Crippen molar-refractivity contribution in [3.63, 3.8) is 0 Å². The minimum absolute atomic E-state index is 0.276. The molecule has 25 heavy (non-hydrogen) atoms. The third-order valence-corrected chi connectivity index (χ3v) is 6.61. The maximum absolute atomic E-state index is 12.4. The number of carboxylic acids is 2. The molecule has 0 aliphatic carbocycles. The van der Waals surface area contributed by atoms with E-state index in [0.29, 0.717) is 0 Å². The number of β-lactam (4-membered cyclic amide) rings is 1. The summed E-state index contributed by atoms with van der Waals surface area (Å²) in [6.45, 7) is 3.36. The highest BCUT2D eigenvalue weighted by Crippen LogP contribution is 2.50. The van der Waals surface area contributed by atoms with Gasteiger partial charge in [-0.15, -0.1) is 11.8 Å². The summed E-state index contributed by atoms with van der Waals surface area (Å²) in [6.07, 6.45) is 0. The third kappa shape index (κ3) is 2.78. The molecule has 1 aromatic rings. The average Bonchev–Trinajstić information content (AvgIpc) is 3.09. The van der Waals surface area contributed by atoms with E-state index in [1.807, 2.05) is 0 Å². The van der Waals surface area contributed by atoms with Crippen LogP contribution < -0.4 is 15.5 Å². The van der Waals surface area contributed by atoms with Gasteiger partial charge in [0.15, 0.2) is 0 Å². The molecule has 2 saturated heterocycles. The molecule has 1 N–H and O–H groups in total. The molecule has 3 heterocycles. The van der Waals surface area contributed by atoms with Crippen LogP contribution in [0.4, 0.5) is 0 Å². The molecule has 0 radical (unpaired) electrons. The van der Waals surface area contributed by atoms with Crippen LogP contribution in [0.3, 0.4) is 0 Å². The summed E-state index contributed by atoms with van der Waals surface area (Å²) in [7, 11) is 0. The Bertz CT molecular complexity index is 747. The SMILES string of the molecule is CC1(C)S[C@@H]2[C@@H](NC(=O)C(C(=O)[O-])c3ccsc3)C(=O)N2[C@@H]1C(=O)[O-]. The van der Waals surface area contributed by atoms with Crippen LogP contribution in [-0.4, -0.2) is 50.9 Å². The van der Waals surface area contributed by atoms with Crippen molar-refractivity contribution in [2.75, 3.05) is 0 Å². The second-order valence-electron chi connectivity index (χ2n) is 6.37. The van der Waals surface area contributed by atoms with Gasteiger partial charge >= 0.3 is 0 Å². The Labute approximate surface area is 151 Å². The van der Waals surface area contributed by atoms with Gasteiger partial charge in [-0.1, -0.05) is 0 Å². The Morgan fingerprint density at radius 2 is 2.00 bits per heavy atom. The molecule has 134 valence electrons. The number of carbonyl (C=O) groups is 4. The maximum atomic E-state index is 12.4. The summed E-state index contributed by atoms with van der Waals surface area (Å²) in [4.78, 5) is 48.5. The Morgan fingerprint density at radius 1 is 1.32 bits per heavy atom. The van der Waals surface area contributed by atoms with Gasteiger partial charge in [-0.3, -0.25) is 9.59 Å². The van der Waals surface area contributed by atoms with Gasteiger partial charge in [-0.25, -0.2) is 0 Å². The van der Waals surface area contributed by atoms with Crippen molar-refractivity contribution in [3.8, 4) is 0 Å². The molecular weight excluding hydrogens is 368 g/mol. The predicted molar refractivity (Wildman–Crippen MR) is 85.1 cm³/mol. The van der Waals surface area contributed by atoms with E-state index < -0.39 is 51.9 Å². The fraction of sp³-hybridized carbons (Fsp3) is 0.467. The van der Waals surface area contributed by atoms with E-state index >= 15 is 0 Å². The smallest absolute Gasteiger partial charge is 0.249 e. The lowest BCUT2D eigenvalue weighted by Crippen LogP contribution is -2.72. The minimum atomic E-state index is -1.56. The van der Waals surface area contributed by atoms with Gasteiger partial charge in [0.25, 0.3) is 0 Å². The van der Waals surface area contributed by atoms with Crippen LogP contribution in [0.1, 0.15) is 25.3 Å². The number of nitrogens with zero attached hydrogens (tertiary/aromatic N) is 1. The number of hydrogen-bond donors (Lipinski definition) is 1. The number of thioether (sulfide) groups is 1. The van der Waals surface area contributed by atoms with Crippen molar-refractivity contribution in [1.29, 1.82) is 0 Å². The second kappa shape index (κ2) is 6.03. The number of amides is 2. The Hall–Kier alpha value is -2.07. The Balaban J connectivity index is 1.77. The van der Waals surface area contributed by atoms with Crippen LogP contribution in [0.2, 0.25) is 0 Å². The molecule has 0 saturated carbocycles. The first-order chi connectivity index (χ1) is 11.6. The van der Waals surface area contributed by atoms with Crippen LogP contribution in [0.15, 0.2) is 16.8 Å². The highest BCUT2D eigenvalue weighted by atomic mass is 32.2. The number of aliphatic carboxylic acids is 2. The molecule has 4 atom stereocenters. The number of fused-ring (bicyclic) bond motifs is 1. The molecular formula is C15H14N2O6S2-2. The normalized spacial score (nSPS) is 28.0. The number of hydrogen-bond acceptors (Lipinski definition) is 8. The summed E-state index contributed by atoms with van der Waals surface area (Å²) < 4.78 is -0.778. The molecule has 0 spiro atoms. The Morgan fingerprint density at radius 3 is 2.52 bits per heavy atom. The van der Waals surface area contributed by atoms with Crippen LogP contribution in [0, 0.1) is 0 Å². The number of rotatable bonds is 5.